The quantitative estimate of drug-likeness (QED) is 0.923. The van der Waals surface area contributed by atoms with Crippen molar-refractivity contribution >= 4 is 22.7 Å². The lowest BCUT2D eigenvalue weighted by atomic mass is 9.82. The number of carbonyl (C=O) groups is 2. The lowest BCUT2D eigenvalue weighted by molar-refractivity contribution is -0.141. The van der Waals surface area contributed by atoms with Crippen LogP contribution in [0.15, 0.2) is 30.5 Å². The van der Waals surface area contributed by atoms with Crippen molar-refractivity contribution in [1.82, 2.24) is 14.8 Å². The molecule has 1 N–H and O–H groups in total. The number of benzene rings is 1. The fraction of sp³-hybridized carbons (Fsp3) is 0.444. The van der Waals surface area contributed by atoms with E-state index in [1.165, 1.54) is 0 Å². The first-order valence-corrected chi connectivity index (χ1v) is 8.03. The Morgan fingerprint density at radius 3 is 2.30 bits per heavy atom. The van der Waals surface area contributed by atoms with Crippen LogP contribution in [-0.2, 0) is 15.0 Å². The highest BCUT2D eigenvalue weighted by molar-refractivity contribution is 5.94. The van der Waals surface area contributed by atoms with Crippen LogP contribution in [0.1, 0.15) is 26.3 Å². The van der Waals surface area contributed by atoms with Crippen molar-refractivity contribution in [3.8, 4) is 0 Å². The molecule has 2 aromatic rings. The number of hydrogen-bond donors (Lipinski definition) is 1. The Morgan fingerprint density at radius 1 is 1.04 bits per heavy atom. The second-order valence-corrected chi connectivity index (χ2v) is 6.67. The number of aromatic amines is 1. The van der Waals surface area contributed by atoms with Gasteiger partial charge in [-0.15, -0.1) is 0 Å². The molecule has 1 aromatic carbocycles. The molecule has 0 bridgehead atoms. The fourth-order valence-electron chi connectivity index (χ4n) is 3.32. The number of aromatic nitrogens is 1. The first kappa shape index (κ1) is 15.6. The summed E-state index contributed by atoms with van der Waals surface area (Å²) >= 11 is 0. The number of fused-ring (bicyclic) bond motifs is 1. The zero-order valence-corrected chi connectivity index (χ0v) is 13.9. The lowest BCUT2D eigenvalue weighted by Crippen LogP contribution is -2.54. The third-order valence-corrected chi connectivity index (χ3v) is 4.81. The topological polar surface area (TPSA) is 56.4 Å². The molecule has 1 saturated heterocycles. The molecule has 122 valence electrons. The predicted octanol–water partition coefficient (Wildman–Crippen LogP) is 2.14. The van der Waals surface area contributed by atoms with Crippen molar-refractivity contribution < 1.29 is 9.59 Å². The van der Waals surface area contributed by atoms with Gasteiger partial charge in [0, 0.05) is 50.2 Å². The van der Waals surface area contributed by atoms with E-state index in [1.54, 1.807) is 11.8 Å². The van der Waals surface area contributed by atoms with Crippen LogP contribution in [-0.4, -0.2) is 52.8 Å². The summed E-state index contributed by atoms with van der Waals surface area (Å²) in [6.07, 6.45) is 1.94. The minimum Gasteiger partial charge on any atom is -0.361 e. The zero-order chi connectivity index (χ0) is 16.6. The largest absolute Gasteiger partial charge is 0.361 e. The van der Waals surface area contributed by atoms with E-state index in [2.05, 4.69) is 4.98 Å². The van der Waals surface area contributed by atoms with Crippen LogP contribution < -0.4 is 0 Å². The van der Waals surface area contributed by atoms with Crippen LogP contribution in [0.2, 0.25) is 0 Å². The number of amides is 2. The Kier molecular flexibility index (Phi) is 3.88. The average Bonchev–Trinajstić information content (AvgIpc) is 2.99. The van der Waals surface area contributed by atoms with E-state index in [1.807, 2.05) is 49.2 Å². The maximum atomic E-state index is 13.0. The summed E-state index contributed by atoms with van der Waals surface area (Å²) in [5, 5.41) is 1.09. The summed E-state index contributed by atoms with van der Waals surface area (Å²) < 4.78 is 0. The Hall–Kier alpha value is -2.30. The van der Waals surface area contributed by atoms with E-state index < -0.39 is 5.41 Å². The van der Waals surface area contributed by atoms with E-state index in [4.69, 9.17) is 0 Å². The minimum atomic E-state index is -0.599. The highest BCUT2D eigenvalue weighted by Gasteiger charge is 2.36. The first-order chi connectivity index (χ1) is 10.9. The molecule has 2 heterocycles. The summed E-state index contributed by atoms with van der Waals surface area (Å²) in [6, 6.07) is 8.04. The monoisotopic (exact) mass is 313 g/mol. The molecule has 3 rings (SSSR count). The van der Waals surface area contributed by atoms with E-state index in [0.717, 1.165) is 16.5 Å². The molecule has 0 spiro atoms. The van der Waals surface area contributed by atoms with Crippen LogP contribution in [0, 0.1) is 0 Å². The summed E-state index contributed by atoms with van der Waals surface area (Å²) in [6.45, 7) is 7.96. The van der Waals surface area contributed by atoms with Gasteiger partial charge in [-0.1, -0.05) is 18.2 Å². The molecule has 0 saturated carbocycles. The maximum Gasteiger partial charge on any atom is 0.232 e. The van der Waals surface area contributed by atoms with Crippen molar-refractivity contribution in [1.29, 1.82) is 0 Å². The van der Waals surface area contributed by atoms with E-state index in [-0.39, 0.29) is 11.8 Å². The van der Waals surface area contributed by atoms with Crippen molar-refractivity contribution in [2.75, 3.05) is 26.2 Å². The van der Waals surface area contributed by atoms with Gasteiger partial charge in [-0.25, -0.2) is 0 Å². The molecular formula is C18H23N3O2. The van der Waals surface area contributed by atoms with Gasteiger partial charge < -0.3 is 14.8 Å². The van der Waals surface area contributed by atoms with Gasteiger partial charge in [0.2, 0.25) is 11.8 Å². The molecule has 0 radical (unpaired) electrons. The number of rotatable bonds is 2. The molecule has 5 nitrogen and oxygen atoms in total. The van der Waals surface area contributed by atoms with Crippen molar-refractivity contribution in [2.45, 2.75) is 26.2 Å². The van der Waals surface area contributed by atoms with Crippen LogP contribution in [0.3, 0.4) is 0 Å². The Labute approximate surface area is 136 Å². The summed E-state index contributed by atoms with van der Waals surface area (Å²) in [5.74, 6) is 0.193. The first-order valence-electron chi connectivity index (χ1n) is 8.03. The van der Waals surface area contributed by atoms with Gasteiger partial charge in [0.25, 0.3) is 0 Å². The van der Waals surface area contributed by atoms with Gasteiger partial charge in [-0.2, -0.15) is 0 Å². The average molecular weight is 313 g/mol. The normalized spacial score (nSPS) is 16.0. The molecule has 23 heavy (non-hydrogen) atoms. The number of nitrogens with one attached hydrogen (secondary N) is 1. The third kappa shape index (κ3) is 2.71. The molecule has 1 fully saturated rings. The Bertz CT molecular complexity index is 740. The number of hydrogen-bond acceptors (Lipinski definition) is 2. The van der Waals surface area contributed by atoms with Crippen LogP contribution >= 0.6 is 0 Å². The Morgan fingerprint density at radius 2 is 1.65 bits per heavy atom. The minimum absolute atomic E-state index is 0.0768. The zero-order valence-electron chi connectivity index (χ0n) is 13.9. The standard InChI is InChI=1S/C18H23N3O2/c1-13(22)20-8-10-21(11-9-20)17(23)18(2,3)15-12-19-16-7-5-4-6-14(15)16/h4-7,12,19H,8-11H2,1-3H3. The molecule has 0 atom stereocenters. The smallest absolute Gasteiger partial charge is 0.232 e. The predicted molar refractivity (Wildman–Crippen MR) is 90.2 cm³/mol. The second-order valence-electron chi connectivity index (χ2n) is 6.67. The van der Waals surface area contributed by atoms with E-state index in [0.29, 0.717) is 26.2 Å². The van der Waals surface area contributed by atoms with E-state index >= 15 is 0 Å². The lowest BCUT2D eigenvalue weighted by Gasteiger charge is -2.38. The van der Waals surface area contributed by atoms with Gasteiger partial charge in [0.15, 0.2) is 0 Å². The maximum absolute atomic E-state index is 13.0. The van der Waals surface area contributed by atoms with Gasteiger partial charge in [0.1, 0.15) is 0 Å². The third-order valence-electron chi connectivity index (χ3n) is 4.81. The molecule has 5 heteroatoms. The van der Waals surface area contributed by atoms with Crippen molar-refractivity contribution in [3.05, 3.63) is 36.0 Å². The van der Waals surface area contributed by atoms with Gasteiger partial charge in [-0.3, -0.25) is 9.59 Å². The molecule has 1 aliphatic heterocycles. The Balaban J connectivity index is 1.82. The molecule has 1 aromatic heterocycles. The van der Waals surface area contributed by atoms with Crippen LogP contribution in [0.5, 0.6) is 0 Å². The SMILES string of the molecule is CC(=O)N1CCN(C(=O)C(C)(C)c2c[nH]c3ccccc23)CC1. The molecule has 1 aliphatic rings. The van der Waals surface area contributed by atoms with Crippen LogP contribution in [0.25, 0.3) is 10.9 Å². The molecule has 0 unspecified atom stereocenters. The van der Waals surface area contributed by atoms with Gasteiger partial charge in [-0.05, 0) is 25.5 Å². The van der Waals surface area contributed by atoms with Crippen LogP contribution in [0.4, 0.5) is 0 Å². The number of H-pyrrole nitrogens is 1. The number of piperazine rings is 1. The fourth-order valence-corrected chi connectivity index (χ4v) is 3.32. The van der Waals surface area contributed by atoms with Crippen molar-refractivity contribution in [3.63, 3.8) is 0 Å². The highest BCUT2D eigenvalue weighted by atomic mass is 16.2. The summed E-state index contributed by atoms with van der Waals surface area (Å²) in [4.78, 5) is 31.4. The molecular weight excluding hydrogens is 290 g/mol. The summed E-state index contributed by atoms with van der Waals surface area (Å²) in [7, 11) is 0. The molecule has 0 aliphatic carbocycles. The molecule has 2 amide bonds. The van der Waals surface area contributed by atoms with Crippen molar-refractivity contribution in [2.24, 2.45) is 0 Å². The second kappa shape index (κ2) is 5.72. The van der Waals surface area contributed by atoms with Gasteiger partial charge in [0.05, 0.1) is 5.41 Å². The highest BCUT2D eigenvalue weighted by Crippen LogP contribution is 2.32. The van der Waals surface area contributed by atoms with E-state index in [9.17, 15) is 9.59 Å². The van der Waals surface area contributed by atoms with Gasteiger partial charge >= 0.3 is 0 Å². The number of para-hydroxylation sites is 1. The number of carbonyl (C=O) groups excluding carboxylic acids is 2. The summed E-state index contributed by atoms with van der Waals surface area (Å²) in [5.41, 5.74) is 1.47. The number of nitrogens with zero attached hydrogens (tertiary/aromatic N) is 2.